The van der Waals surface area contributed by atoms with E-state index in [1.807, 2.05) is 12.1 Å². The lowest BCUT2D eigenvalue weighted by Crippen LogP contribution is -2.23. The zero-order valence-electron chi connectivity index (χ0n) is 13.4. The minimum Gasteiger partial charge on any atom is -0.380 e. The molecule has 1 aliphatic heterocycles. The van der Waals surface area contributed by atoms with Crippen molar-refractivity contribution in [2.45, 2.75) is 31.1 Å². The molecule has 0 radical (unpaired) electrons. The maximum Gasteiger partial charge on any atom is 0.240 e. The van der Waals surface area contributed by atoms with Gasteiger partial charge in [0.05, 0.1) is 11.5 Å². The summed E-state index contributed by atoms with van der Waals surface area (Å²) in [5.41, 5.74) is 4.32. The van der Waals surface area contributed by atoms with E-state index in [0.717, 1.165) is 24.2 Å². The van der Waals surface area contributed by atoms with Crippen LogP contribution in [-0.2, 0) is 41.0 Å². The molecule has 2 N–H and O–H groups in total. The van der Waals surface area contributed by atoms with Gasteiger partial charge in [0, 0.05) is 26.7 Å². The Labute approximate surface area is 148 Å². The third kappa shape index (κ3) is 4.34. The van der Waals surface area contributed by atoms with Gasteiger partial charge in [0.2, 0.25) is 10.0 Å². The van der Waals surface area contributed by atoms with E-state index in [1.165, 1.54) is 11.1 Å². The predicted octanol–water partition coefficient (Wildman–Crippen LogP) is 2.34. The van der Waals surface area contributed by atoms with Gasteiger partial charge in [-0.3, -0.25) is 0 Å². The Kier molecular flexibility index (Phi) is 6.37. The van der Waals surface area contributed by atoms with Crippen molar-refractivity contribution in [3.8, 4) is 0 Å². The highest BCUT2D eigenvalue weighted by Gasteiger charge is 2.15. The molecule has 2 aromatic carbocycles. The molecule has 3 rings (SSSR count). The van der Waals surface area contributed by atoms with Gasteiger partial charge in [-0.15, -0.1) is 12.4 Å². The molecule has 2 aromatic rings. The van der Waals surface area contributed by atoms with Crippen molar-refractivity contribution in [3.05, 3.63) is 64.7 Å². The van der Waals surface area contributed by atoms with Crippen LogP contribution in [0.3, 0.4) is 0 Å². The summed E-state index contributed by atoms with van der Waals surface area (Å²) in [5, 5.41) is 3.28. The van der Waals surface area contributed by atoms with Crippen LogP contribution in [0, 0.1) is 0 Å². The zero-order chi connectivity index (χ0) is 16.3. The number of halogens is 1. The predicted molar refractivity (Wildman–Crippen MR) is 95.4 cm³/mol. The van der Waals surface area contributed by atoms with E-state index in [9.17, 15) is 8.42 Å². The molecule has 0 atom stereocenters. The molecule has 0 bridgehead atoms. The van der Waals surface area contributed by atoms with Gasteiger partial charge in [-0.2, -0.15) is 0 Å². The summed E-state index contributed by atoms with van der Waals surface area (Å²) in [6.07, 6.45) is 0. The topological polar surface area (TPSA) is 67.4 Å². The summed E-state index contributed by atoms with van der Waals surface area (Å²) in [7, 11) is -1.95. The van der Waals surface area contributed by atoms with Crippen LogP contribution in [-0.4, -0.2) is 15.5 Å². The molecule has 0 amide bonds. The largest absolute Gasteiger partial charge is 0.380 e. The second-order valence-electron chi connectivity index (χ2n) is 5.61. The van der Waals surface area contributed by atoms with Crippen molar-refractivity contribution in [1.29, 1.82) is 0 Å². The Morgan fingerprint density at radius 1 is 1.08 bits per heavy atom. The lowest BCUT2D eigenvalue weighted by Gasteiger charge is -2.09. The van der Waals surface area contributed by atoms with Crippen LogP contribution in [0.1, 0.15) is 22.3 Å². The van der Waals surface area contributed by atoms with Crippen LogP contribution in [0.2, 0.25) is 0 Å². The Hall–Kier alpha value is -1.44. The van der Waals surface area contributed by atoms with Gasteiger partial charge < -0.3 is 10.1 Å². The fourth-order valence-electron chi connectivity index (χ4n) is 2.69. The number of rotatable bonds is 6. The monoisotopic (exact) mass is 368 g/mol. The zero-order valence-corrected chi connectivity index (χ0v) is 15.0. The number of fused-ring (bicyclic) bond motifs is 1. The molecular weight excluding hydrogens is 348 g/mol. The summed E-state index contributed by atoms with van der Waals surface area (Å²) in [4.78, 5) is 0.259. The Morgan fingerprint density at radius 2 is 1.88 bits per heavy atom. The Balaban J connectivity index is 0.00000208. The summed E-state index contributed by atoms with van der Waals surface area (Å²) in [5.74, 6) is 0. The molecule has 0 saturated heterocycles. The van der Waals surface area contributed by atoms with Crippen molar-refractivity contribution in [2.24, 2.45) is 0 Å². The fourth-order valence-corrected chi connectivity index (χ4v) is 3.78. The van der Waals surface area contributed by atoms with E-state index in [0.29, 0.717) is 6.61 Å². The first-order valence-electron chi connectivity index (χ1n) is 7.47. The minimum atomic E-state index is -3.53. The first kappa shape index (κ1) is 18.9. The van der Waals surface area contributed by atoms with E-state index in [4.69, 9.17) is 4.74 Å². The van der Waals surface area contributed by atoms with E-state index < -0.39 is 10.0 Å². The average molecular weight is 369 g/mol. The standard InChI is InChI=1S/C17H20N2O3S.ClH/c1-22-12-14-3-2-4-17(8-14)23(20,21)19-9-13-5-6-15-10-18-11-16(15)7-13;/h2-8,18-19H,9-12H2,1H3;1H. The summed E-state index contributed by atoms with van der Waals surface area (Å²) in [6, 6.07) is 12.9. The van der Waals surface area contributed by atoms with Crippen LogP contribution >= 0.6 is 12.4 Å². The fraction of sp³-hybridized carbons (Fsp3) is 0.294. The molecule has 0 unspecified atom stereocenters. The maximum atomic E-state index is 12.4. The van der Waals surface area contributed by atoms with E-state index in [-0.39, 0.29) is 23.8 Å². The van der Waals surface area contributed by atoms with Gasteiger partial charge in [-0.25, -0.2) is 13.1 Å². The smallest absolute Gasteiger partial charge is 0.240 e. The van der Waals surface area contributed by atoms with E-state index in [1.54, 1.807) is 25.3 Å². The third-order valence-corrected chi connectivity index (χ3v) is 5.29. The Morgan fingerprint density at radius 3 is 2.67 bits per heavy atom. The normalized spacial score (nSPS) is 13.4. The first-order valence-corrected chi connectivity index (χ1v) is 8.96. The lowest BCUT2D eigenvalue weighted by atomic mass is 10.1. The highest BCUT2D eigenvalue weighted by atomic mass is 35.5. The van der Waals surface area contributed by atoms with Gasteiger partial charge in [0.25, 0.3) is 0 Å². The molecule has 7 heteroatoms. The molecule has 0 fully saturated rings. The van der Waals surface area contributed by atoms with Crippen LogP contribution in [0.4, 0.5) is 0 Å². The number of hydrogen-bond donors (Lipinski definition) is 2. The summed E-state index contributed by atoms with van der Waals surface area (Å²) >= 11 is 0. The van der Waals surface area contributed by atoms with Gasteiger partial charge in [0.15, 0.2) is 0 Å². The van der Waals surface area contributed by atoms with Crippen LogP contribution < -0.4 is 10.0 Å². The molecule has 0 saturated carbocycles. The van der Waals surface area contributed by atoms with Crippen molar-refractivity contribution < 1.29 is 13.2 Å². The van der Waals surface area contributed by atoms with Crippen molar-refractivity contribution in [1.82, 2.24) is 10.0 Å². The second-order valence-corrected chi connectivity index (χ2v) is 7.38. The van der Waals surface area contributed by atoms with Crippen molar-refractivity contribution in [3.63, 3.8) is 0 Å². The number of ether oxygens (including phenoxy) is 1. The molecule has 0 aromatic heterocycles. The molecular formula is C17H21ClN2O3S. The second kappa shape index (κ2) is 8.09. The quantitative estimate of drug-likeness (QED) is 0.821. The van der Waals surface area contributed by atoms with Gasteiger partial charge in [-0.1, -0.05) is 30.3 Å². The molecule has 0 aliphatic carbocycles. The first-order chi connectivity index (χ1) is 11.1. The lowest BCUT2D eigenvalue weighted by molar-refractivity contribution is 0.184. The number of nitrogens with one attached hydrogen (secondary N) is 2. The molecule has 5 nitrogen and oxygen atoms in total. The number of methoxy groups -OCH3 is 1. The van der Waals surface area contributed by atoms with Crippen molar-refractivity contribution >= 4 is 22.4 Å². The van der Waals surface area contributed by atoms with Crippen LogP contribution in [0.25, 0.3) is 0 Å². The van der Waals surface area contributed by atoms with Gasteiger partial charge in [-0.05, 0) is 34.4 Å². The number of hydrogen-bond acceptors (Lipinski definition) is 4. The minimum absolute atomic E-state index is 0. The molecule has 1 aliphatic rings. The van der Waals surface area contributed by atoms with E-state index in [2.05, 4.69) is 22.2 Å². The highest BCUT2D eigenvalue weighted by Crippen LogP contribution is 2.18. The maximum absolute atomic E-state index is 12.4. The third-order valence-electron chi connectivity index (χ3n) is 3.89. The van der Waals surface area contributed by atoms with Crippen LogP contribution in [0.5, 0.6) is 0 Å². The number of benzene rings is 2. The van der Waals surface area contributed by atoms with Crippen LogP contribution in [0.15, 0.2) is 47.4 Å². The Bertz CT molecular complexity index is 809. The van der Waals surface area contributed by atoms with Crippen molar-refractivity contribution in [2.75, 3.05) is 7.11 Å². The summed E-state index contributed by atoms with van der Waals surface area (Å²) in [6.45, 7) is 2.40. The van der Waals surface area contributed by atoms with Gasteiger partial charge in [0.1, 0.15) is 0 Å². The molecule has 1 heterocycles. The van der Waals surface area contributed by atoms with E-state index >= 15 is 0 Å². The molecule has 0 spiro atoms. The molecule has 24 heavy (non-hydrogen) atoms. The highest BCUT2D eigenvalue weighted by molar-refractivity contribution is 7.89. The number of sulfonamides is 1. The average Bonchev–Trinajstić information content (AvgIpc) is 3.01. The summed E-state index contributed by atoms with van der Waals surface area (Å²) < 4.78 is 32.6. The SMILES string of the molecule is COCc1cccc(S(=O)(=O)NCc2ccc3c(c2)CNC3)c1.Cl. The molecule has 130 valence electrons. The van der Waals surface area contributed by atoms with Gasteiger partial charge >= 0.3 is 0 Å².